The first-order valence-electron chi connectivity index (χ1n) is 7.61. The minimum absolute atomic E-state index is 0. The lowest BCUT2D eigenvalue weighted by atomic mass is 9.98. The summed E-state index contributed by atoms with van der Waals surface area (Å²) in [6.07, 6.45) is -0.444. The van der Waals surface area contributed by atoms with Crippen molar-refractivity contribution in [3.05, 3.63) is 29.3 Å². The van der Waals surface area contributed by atoms with Crippen molar-refractivity contribution in [1.29, 1.82) is 0 Å². The van der Waals surface area contributed by atoms with Crippen LogP contribution in [0.2, 0.25) is 0 Å². The summed E-state index contributed by atoms with van der Waals surface area (Å²) in [7, 11) is 0. The van der Waals surface area contributed by atoms with Crippen LogP contribution < -0.4 is 4.74 Å². The van der Waals surface area contributed by atoms with Crippen LogP contribution >= 0.6 is 12.4 Å². The van der Waals surface area contributed by atoms with Crippen LogP contribution in [0.15, 0.2) is 18.2 Å². The number of halogens is 1. The summed E-state index contributed by atoms with van der Waals surface area (Å²) < 4.78 is 5.70. The number of ether oxygens (including phenoxy) is 1. The molecule has 0 bridgehead atoms. The van der Waals surface area contributed by atoms with Gasteiger partial charge in [-0.25, -0.2) is 0 Å². The number of nitrogens with zero attached hydrogens (tertiary/aromatic N) is 1. The molecular weight excluding hydrogens is 286 g/mol. The van der Waals surface area contributed by atoms with Gasteiger partial charge in [0, 0.05) is 6.54 Å². The van der Waals surface area contributed by atoms with E-state index in [0.29, 0.717) is 19.1 Å². The Labute approximate surface area is 135 Å². The summed E-state index contributed by atoms with van der Waals surface area (Å²) in [4.78, 5) is 2.20. The number of aryl methyl sites for hydroxylation is 1. The van der Waals surface area contributed by atoms with E-state index in [1.165, 1.54) is 11.1 Å². The first-order chi connectivity index (χ1) is 9.47. The molecule has 1 atom stereocenters. The molecular formula is C17H30ClNO2. The van der Waals surface area contributed by atoms with Gasteiger partial charge in [-0.3, -0.25) is 0 Å². The van der Waals surface area contributed by atoms with Crippen molar-refractivity contribution in [1.82, 2.24) is 4.90 Å². The predicted molar refractivity (Wildman–Crippen MR) is 91.8 cm³/mol. The van der Waals surface area contributed by atoms with Gasteiger partial charge in [0.1, 0.15) is 18.5 Å². The van der Waals surface area contributed by atoms with Gasteiger partial charge in [-0.15, -0.1) is 12.4 Å². The summed E-state index contributed by atoms with van der Waals surface area (Å²) in [5.41, 5.74) is 2.59. The molecule has 1 aromatic carbocycles. The Bertz CT molecular complexity index is 406. The fraction of sp³-hybridized carbons (Fsp3) is 0.647. The topological polar surface area (TPSA) is 32.7 Å². The molecule has 0 radical (unpaired) electrons. The van der Waals surface area contributed by atoms with Crippen molar-refractivity contribution in [2.45, 2.75) is 46.6 Å². The molecule has 0 saturated carbocycles. The molecule has 0 fully saturated rings. The predicted octanol–water partition coefficient (Wildman–Crippen LogP) is 3.62. The third-order valence-corrected chi connectivity index (χ3v) is 3.67. The van der Waals surface area contributed by atoms with Gasteiger partial charge in [0.25, 0.3) is 0 Å². The first-order valence-corrected chi connectivity index (χ1v) is 7.61. The summed E-state index contributed by atoms with van der Waals surface area (Å²) in [6, 6.07) is 6.16. The van der Waals surface area contributed by atoms with Crippen LogP contribution in [-0.4, -0.2) is 42.4 Å². The average Bonchev–Trinajstić information content (AvgIpc) is 2.42. The zero-order valence-corrected chi connectivity index (χ0v) is 14.7. The van der Waals surface area contributed by atoms with Crippen molar-refractivity contribution in [3.63, 3.8) is 0 Å². The highest BCUT2D eigenvalue weighted by atomic mass is 35.5. The van der Waals surface area contributed by atoms with Crippen molar-refractivity contribution in [3.8, 4) is 5.75 Å². The molecule has 0 aliphatic carbocycles. The molecule has 1 N–H and O–H groups in total. The molecule has 0 spiro atoms. The summed E-state index contributed by atoms with van der Waals surface area (Å²) in [5.74, 6) is 1.36. The van der Waals surface area contributed by atoms with Gasteiger partial charge in [-0.05, 0) is 49.2 Å². The quantitative estimate of drug-likeness (QED) is 0.795. The maximum absolute atomic E-state index is 9.99. The van der Waals surface area contributed by atoms with Crippen LogP contribution in [0.4, 0.5) is 0 Å². The molecule has 3 nitrogen and oxygen atoms in total. The number of likely N-dealkylation sites (N-methyl/N-ethyl adjacent to an activating group) is 1. The van der Waals surface area contributed by atoms with Gasteiger partial charge in [0.05, 0.1) is 0 Å². The first kappa shape index (κ1) is 20.2. The Morgan fingerprint density at radius 2 is 1.81 bits per heavy atom. The highest BCUT2D eigenvalue weighted by Crippen LogP contribution is 2.23. The number of hydrogen-bond donors (Lipinski definition) is 1. The van der Waals surface area contributed by atoms with Crippen molar-refractivity contribution in [2.24, 2.45) is 0 Å². The monoisotopic (exact) mass is 315 g/mol. The van der Waals surface area contributed by atoms with Gasteiger partial charge in [-0.1, -0.05) is 33.8 Å². The zero-order chi connectivity index (χ0) is 15.1. The average molecular weight is 316 g/mol. The van der Waals surface area contributed by atoms with Gasteiger partial charge >= 0.3 is 0 Å². The lowest BCUT2D eigenvalue weighted by molar-refractivity contribution is 0.0716. The minimum atomic E-state index is -0.444. The Balaban J connectivity index is 0.00000400. The number of hydrogen-bond acceptors (Lipinski definition) is 3. The third-order valence-electron chi connectivity index (χ3n) is 3.67. The number of rotatable bonds is 8. The molecule has 1 aromatic rings. The fourth-order valence-electron chi connectivity index (χ4n) is 2.41. The lowest BCUT2D eigenvalue weighted by Gasteiger charge is -2.22. The molecule has 1 rings (SSSR count). The molecule has 1 unspecified atom stereocenters. The second-order valence-corrected chi connectivity index (χ2v) is 5.62. The smallest absolute Gasteiger partial charge is 0.119 e. The van der Waals surface area contributed by atoms with E-state index in [2.05, 4.69) is 51.7 Å². The normalized spacial score (nSPS) is 12.4. The van der Waals surface area contributed by atoms with E-state index < -0.39 is 6.10 Å². The van der Waals surface area contributed by atoms with E-state index >= 15 is 0 Å². The van der Waals surface area contributed by atoms with E-state index in [-0.39, 0.29) is 12.4 Å². The molecule has 21 heavy (non-hydrogen) atoms. The Kier molecular flexibility index (Phi) is 9.67. The van der Waals surface area contributed by atoms with Crippen molar-refractivity contribution < 1.29 is 9.84 Å². The van der Waals surface area contributed by atoms with Crippen LogP contribution in [0.3, 0.4) is 0 Å². The second kappa shape index (κ2) is 10.0. The van der Waals surface area contributed by atoms with E-state index in [1.54, 1.807) is 0 Å². The van der Waals surface area contributed by atoms with Crippen LogP contribution in [0.1, 0.15) is 44.7 Å². The van der Waals surface area contributed by atoms with Crippen LogP contribution in [0.25, 0.3) is 0 Å². The maximum Gasteiger partial charge on any atom is 0.119 e. The standard InChI is InChI=1S/C17H29NO2.ClH/c1-6-18(7-2)11-15(19)12-20-16-8-9-17(13(3)4)14(5)10-16;/h8-10,13,15,19H,6-7,11-12H2,1-5H3;1H. The van der Waals surface area contributed by atoms with Crippen molar-refractivity contribution in [2.75, 3.05) is 26.2 Å². The van der Waals surface area contributed by atoms with Gasteiger partial charge in [0.15, 0.2) is 0 Å². The minimum Gasteiger partial charge on any atom is -0.491 e. The van der Waals surface area contributed by atoms with Crippen LogP contribution in [0, 0.1) is 6.92 Å². The highest BCUT2D eigenvalue weighted by Gasteiger charge is 2.10. The number of aliphatic hydroxyl groups excluding tert-OH is 1. The SMILES string of the molecule is CCN(CC)CC(O)COc1ccc(C(C)C)c(C)c1.Cl. The highest BCUT2D eigenvalue weighted by molar-refractivity contribution is 5.85. The largest absolute Gasteiger partial charge is 0.491 e. The summed E-state index contributed by atoms with van der Waals surface area (Å²) >= 11 is 0. The van der Waals surface area contributed by atoms with Gasteiger partial charge in [0.2, 0.25) is 0 Å². The number of benzene rings is 1. The van der Waals surface area contributed by atoms with Crippen molar-refractivity contribution >= 4 is 12.4 Å². The summed E-state index contributed by atoms with van der Waals surface area (Å²) in [5, 5.41) is 9.99. The third kappa shape index (κ3) is 6.68. The molecule has 122 valence electrons. The number of aliphatic hydroxyl groups is 1. The van der Waals surface area contributed by atoms with E-state index in [0.717, 1.165) is 18.8 Å². The van der Waals surface area contributed by atoms with E-state index in [9.17, 15) is 5.11 Å². The van der Waals surface area contributed by atoms with E-state index in [1.807, 2.05) is 6.07 Å². The molecule has 0 aromatic heterocycles. The van der Waals surface area contributed by atoms with Gasteiger partial charge in [-0.2, -0.15) is 0 Å². The Morgan fingerprint density at radius 1 is 1.19 bits per heavy atom. The molecule has 0 aliphatic rings. The molecule has 0 heterocycles. The Hall–Kier alpha value is -0.770. The van der Waals surface area contributed by atoms with Crippen LogP contribution in [0.5, 0.6) is 5.75 Å². The van der Waals surface area contributed by atoms with Crippen LogP contribution in [-0.2, 0) is 0 Å². The lowest BCUT2D eigenvalue weighted by Crippen LogP contribution is -2.35. The fourth-order valence-corrected chi connectivity index (χ4v) is 2.41. The van der Waals surface area contributed by atoms with Gasteiger partial charge < -0.3 is 14.7 Å². The Morgan fingerprint density at radius 3 is 2.29 bits per heavy atom. The maximum atomic E-state index is 9.99. The molecule has 0 saturated heterocycles. The second-order valence-electron chi connectivity index (χ2n) is 5.62. The van der Waals surface area contributed by atoms with E-state index in [4.69, 9.17) is 4.74 Å². The molecule has 0 amide bonds. The molecule has 4 heteroatoms. The summed E-state index contributed by atoms with van der Waals surface area (Å²) in [6.45, 7) is 13.6. The zero-order valence-electron chi connectivity index (χ0n) is 13.9. The molecule has 0 aliphatic heterocycles.